The van der Waals surface area contributed by atoms with Gasteiger partial charge in [-0.25, -0.2) is 0 Å². The summed E-state index contributed by atoms with van der Waals surface area (Å²) in [6.07, 6.45) is 1.48. The van der Waals surface area contributed by atoms with Crippen molar-refractivity contribution in [1.82, 2.24) is 15.2 Å². The van der Waals surface area contributed by atoms with Gasteiger partial charge in [-0.2, -0.15) is 0 Å². The molecule has 4 aromatic rings. The number of fused-ring (bicyclic) bond motifs is 1. The second-order valence-electron chi connectivity index (χ2n) is 6.77. The number of halogens is 1. The molecular weight excluding hydrogens is 505 g/mol. The second kappa shape index (κ2) is 8.84. The number of alkyl halides is 1. The molecule has 5 rings (SSSR count). The molecule has 2 aromatic carbocycles. The first-order valence-corrected chi connectivity index (χ1v) is 12.3. The van der Waals surface area contributed by atoms with Gasteiger partial charge in [0.15, 0.2) is 0 Å². The van der Waals surface area contributed by atoms with Crippen molar-refractivity contribution >= 4 is 11.7 Å². The van der Waals surface area contributed by atoms with Crippen molar-refractivity contribution < 1.29 is 30.4 Å². The van der Waals surface area contributed by atoms with E-state index in [0.29, 0.717) is 23.3 Å². The molecule has 1 atom stereocenters. The fraction of sp³-hybridized carbons (Fsp3) is 0.130. The molecule has 1 aliphatic heterocycles. The monoisotopic (exact) mass is 524 g/mol. The number of nitrogens with zero attached hydrogens (tertiary/aromatic N) is 4. The number of benzene rings is 2. The van der Waals surface area contributed by atoms with Gasteiger partial charge in [-0.3, -0.25) is 0 Å². The van der Waals surface area contributed by atoms with Gasteiger partial charge >= 0.3 is 190 Å². The van der Waals surface area contributed by atoms with Gasteiger partial charge in [0.05, 0.1) is 0 Å². The van der Waals surface area contributed by atoms with Gasteiger partial charge < -0.3 is 0 Å². The van der Waals surface area contributed by atoms with Crippen LogP contribution in [0.1, 0.15) is 11.1 Å². The number of methoxy groups -OCH3 is 1. The number of aliphatic imine (C=N–C) groups is 1. The summed E-state index contributed by atoms with van der Waals surface area (Å²) >= 11 is -0.227. The first-order chi connectivity index (χ1) is 15.3. The van der Waals surface area contributed by atoms with Gasteiger partial charge in [0.2, 0.25) is 0 Å². The second-order valence-corrected chi connectivity index (χ2v) is 9.57. The van der Waals surface area contributed by atoms with Crippen molar-refractivity contribution in [3.8, 4) is 17.3 Å². The summed E-state index contributed by atoms with van der Waals surface area (Å²) < 4.78 is 13.3. The molecule has 8 heteroatoms. The Morgan fingerprint density at radius 3 is 2.65 bits per heavy atom. The Morgan fingerprint density at radius 1 is 1.00 bits per heavy atom. The van der Waals surface area contributed by atoms with Gasteiger partial charge in [0.25, 0.3) is 0 Å². The molecule has 156 valence electrons. The number of ether oxygens (including phenoxy) is 1. The van der Waals surface area contributed by atoms with E-state index in [1.54, 1.807) is 19.4 Å². The quantitative estimate of drug-likeness (QED) is 0.306. The number of pyridine rings is 1. The first-order valence-electron chi connectivity index (χ1n) is 9.72. The third kappa shape index (κ3) is 4.29. The maximum atomic E-state index is 5.81. The predicted octanol–water partition coefficient (Wildman–Crippen LogP) is 0.688. The summed E-state index contributed by atoms with van der Waals surface area (Å²) in [5, 5.41) is 11.6. The van der Waals surface area contributed by atoms with Crippen LogP contribution < -0.4 is 31.3 Å². The molecule has 1 aliphatic rings. The van der Waals surface area contributed by atoms with Crippen LogP contribution in [0.2, 0.25) is 0 Å². The molecule has 7 nitrogen and oxygen atoms in total. The Morgan fingerprint density at radius 2 is 1.84 bits per heavy atom. The van der Waals surface area contributed by atoms with E-state index >= 15 is 0 Å². The SMILES string of the molecule is COc1ccc(-c2nnc(NC3C[I-]c4ccccc4C(c4ccccc4)=N3)o2)nc1. The van der Waals surface area contributed by atoms with Crippen LogP contribution in [-0.4, -0.2) is 38.6 Å². The van der Waals surface area contributed by atoms with Gasteiger partial charge in [-0.05, 0) is 0 Å². The number of rotatable bonds is 5. The zero-order valence-corrected chi connectivity index (χ0v) is 18.9. The summed E-state index contributed by atoms with van der Waals surface area (Å²) in [5.74, 6) is 1.02. The summed E-state index contributed by atoms with van der Waals surface area (Å²) in [4.78, 5) is 9.36. The summed E-state index contributed by atoms with van der Waals surface area (Å²) in [7, 11) is 1.60. The third-order valence-electron chi connectivity index (χ3n) is 4.73. The van der Waals surface area contributed by atoms with Crippen LogP contribution in [0.4, 0.5) is 6.01 Å². The molecule has 0 saturated carbocycles. The minimum absolute atomic E-state index is 0.146. The molecular formula is C23H19IN5O2-. The van der Waals surface area contributed by atoms with Gasteiger partial charge in [-0.15, -0.1) is 0 Å². The average molecular weight is 524 g/mol. The standard InChI is InChI=1S/C23H19IN5O2/c1-30-16-11-12-19(25-14-16)22-28-29-23(31-22)27-20-13-24-18-10-6-5-9-17(18)21(26-20)15-7-3-2-4-8-15/h2-12,14,20H,13H2,1H3,(H,27,29)/q-1. The van der Waals surface area contributed by atoms with E-state index in [-0.39, 0.29) is 27.4 Å². The number of hydrogen-bond acceptors (Lipinski definition) is 7. The Balaban J connectivity index is 1.42. The Kier molecular flexibility index (Phi) is 5.61. The van der Waals surface area contributed by atoms with E-state index in [2.05, 4.69) is 56.9 Å². The van der Waals surface area contributed by atoms with Crippen LogP contribution in [0.15, 0.2) is 82.3 Å². The zero-order valence-electron chi connectivity index (χ0n) is 16.7. The van der Waals surface area contributed by atoms with E-state index in [9.17, 15) is 0 Å². The molecule has 3 heterocycles. The first kappa shape index (κ1) is 19.7. The Labute approximate surface area is 189 Å². The van der Waals surface area contributed by atoms with Crippen molar-refractivity contribution in [2.45, 2.75) is 6.17 Å². The summed E-state index contributed by atoms with van der Waals surface area (Å²) in [6, 6.07) is 22.7. The Bertz CT molecular complexity index is 1210. The molecule has 0 amide bonds. The van der Waals surface area contributed by atoms with Gasteiger partial charge in [0, 0.05) is 0 Å². The van der Waals surface area contributed by atoms with E-state index in [1.807, 2.05) is 24.3 Å². The number of aromatic nitrogens is 3. The average Bonchev–Trinajstić information content (AvgIpc) is 3.22. The topological polar surface area (TPSA) is 85.4 Å². The van der Waals surface area contributed by atoms with Crippen LogP contribution >= 0.6 is 0 Å². The number of anilines is 1. The fourth-order valence-electron chi connectivity index (χ4n) is 3.24. The van der Waals surface area contributed by atoms with E-state index in [0.717, 1.165) is 15.7 Å². The van der Waals surface area contributed by atoms with Crippen molar-refractivity contribution in [3.63, 3.8) is 0 Å². The molecule has 1 N–H and O–H groups in total. The molecule has 1 unspecified atom stereocenters. The molecule has 0 bridgehead atoms. The number of nitrogens with one attached hydrogen (secondary N) is 1. The summed E-state index contributed by atoms with van der Waals surface area (Å²) in [5.41, 5.74) is 3.89. The van der Waals surface area contributed by atoms with Crippen LogP contribution in [0, 0.1) is 3.57 Å². The van der Waals surface area contributed by atoms with E-state index in [1.165, 1.54) is 9.13 Å². The zero-order chi connectivity index (χ0) is 21.0. The van der Waals surface area contributed by atoms with Crippen molar-refractivity contribution in [1.29, 1.82) is 0 Å². The molecule has 0 saturated heterocycles. The molecule has 0 radical (unpaired) electrons. The van der Waals surface area contributed by atoms with Crippen molar-refractivity contribution in [3.05, 3.63) is 87.6 Å². The van der Waals surface area contributed by atoms with Gasteiger partial charge in [0.1, 0.15) is 0 Å². The van der Waals surface area contributed by atoms with Crippen LogP contribution in [0.3, 0.4) is 0 Å². The summed E-state index contributed by atoms with van der Waals surface area (Å²) in [6.45, 7) is 0. The van der Waals surface area contributed by atoms with E-state index < -0.39 is 0 Å². The molecule has 0 spiro atoms. The van der Waals surface area contributed by atoms with Crippen molar-refractivity contribution in [2.75, 3.05) is 16.9 Å². The van der Waals surface area contributed by atoms with Crippen LogP contribution in [-0.2, 0) is 0 Å². The van der Waals surface area contributed by atoms with E-state index in [4.69, 9.17) is 14.1 Å². The van der Waals surface area contributed by atoms with Crippen molar-refractivity contribution in [2.24, 2.45) is 4.99 Å². The molecule has 2 aromatic heterocycles. The predicted molar refractivity (Wildman–Crippen MR) is 114 cm³/mol. The molecule has 31 heavy (non-hydrogen) atoms. The van der Waals surface area contributed by atoms with Crippen LogP contribution in [0.5, 0.6) is 5.75 Å². The number of hydrogen-bond donors (Lipinski definition) is 1. The maximum absolute atomic E-state index is 5.81. The third-order valence-corrected chi connectivity index (χ3v) is 7.77. The van der Waals surface area contributed by atoms with Gasteiger partial charge in [-0.1, -0.05) is 0 Å². The normalized spacial score (nSPS) is 15.8. The molecule has 0 fully saturated rings. The molecule has 0 aliphatic carbocycles. The van der Waals surface area contributed by atoms with Crippen LogP contribution in [0.25, 0.3) is 11.6 Å². The Hall–Kier alpha value is -3.27. The fourth-order valence-corrected chi connectivity index (χ4v) is 5.85. The minimum atomic E-state index is -0.227.